The first-order valence-corrected chi connectivity index (χ1v) is 6.95. The number of hydrogen-bond donors (Lipinski definition) is 0. The van der Waals surface area contributed by atoms with Gasteiger partial charge in [-0.2, -0.15) is 13.2 Å². The number of carbonyl (C=O) groups is 1. The van der Waals surface area contributed by atoms with Crippen LogP contribution < -0.4 is 0 Å². The van der Waals surface area contributed by atoms with Gasteiger partial charge in [-0.15, -0.1) is 6.42 Å². The zero-order valence-corrected chi connectivity index (χ0v) is 12.5. The van der Waals surface area contributed by atoms with Crippen molar-refractivity contribution < 1.29 is 22.4 Å². The second-order valence-corrected chi connectivity index (χ2v) is 5.07. The summed E-state index contributed by atoms with van der Waals surface area (Å²) in [5.41, 5.74) is -0.398. The molecule has 0 aliphatic carbocycles. The van der Waals surface area contributed by atoms with E-state index in [1.54, 1.807) is 0 Å². The van der Waals surface area contributed by atoms with Crippen molar-refractivity contribution in [2.24, 2.45) is 0 Å². The molecule has 2 rings (SSSR count). The highest BCUT2D eigenvalue weighted by Crippen LogP contribution is 2.29. The maximum Gasteiger partial charge on any atom is 0.416 e. The van der Waals surface area contributed by atoms with Gasteiger partial charge < -0.3 is 4.90 Å². The first-order chi connectivity index (χ1) is 11.3. The molecule has 124 valence electrons. The predicted octanol–water partition coefficient (Wildman–Crippen LogP) is 4.12. The van der Waals surface area contributed by atoms with E-state index in [1.807, 2.05) is 0 Å². The van der Waals surface area contributed by atoms with Crippen LogP contribution in [-0.4, -0.2) is 17.4 Å². The van der Waals surface area contributed by atoms with E-state index in [9.17, 15) is 22.4 Å². The molecule has 0 saturated carbocycles. The molecule has 0 fully saturated rings. The summed E-state index contributed by atoms with van der Waals surface area (Å²) in [6.45, 7) is -0.00792. The second kappa shape index (κ2) is 7.18. The summed E-state index contributed by atoms with van der Waals surface area (Å²) in [4.78, 5) is 13.7. The molecule has 0 radical (unpaired) electrons. The van der Waals surface area contributed by atoms with Gasteiger partial charge in [0.25, 0.3) is 5.91 Å². The van der Waals surface area contributed by atoms with Crippen molar-refractivity contribution in [3.05, 3.63) is 71.0 Å². The number of terminal acetylenes is 1. The van der Waals surface area contributed by atoms with E-state index in [0.717, 1.165) is 12.1 Å². The zero-order chi connectivity index (χ0) is 17.7. The SMILES string of the molecule is C#CCN(Cc1ccc(F)cc1)C(=O)c1cccc(C(F)(F)F)c1. The number of amides is 1. The largest absolute Gasteiger partial charge is 0.416 e. The molecule has 0 aromatic heterocycles. The quantitative estimate of drug-likeness (QED) is 0.608. The minimum Gasteiger partial charge on any atom is -0.323 e. The Labute approximate surface area is 136 Å². The number of hydrogen-bond acceptors (Lipinski definition) is 1. The molecule has 0 heterocycles. The fraction of sp³-hybridized carbons (Fsp3) is 0.167. The molecule has 0 atom stereocenters. The minimum atomic E-state index is -4.54. The van der Waals surface area contributed by atoms with Crippen LogP contribution in [0.5, 0.6) is 0 Å². The average molecular weight is 335 g/mol. The Hall–Kier alpha value is -2.81. The van der Waals surface area contributed by atoms with Gasteiger partial charge in [-0.3, -0.25) is 4.79 Å². The Morgan fingerprint density at radius 3 is 2.38 bits per heavy atom. The van der Waals surface area contributed by atoms with Gasteiger partial charge in [-0.25, -0.2) is 4.39 Å². The Morgan fingerprint density at radius 2 is 1.79 bits per heavy atom. The molecule has 2 aromatic rings. The Morgan fingerprint density at radius 1 is 1.12 bits per heavy atom. The monoisotopic (exact) mass is 335 g/mol. The summed E-state index contributed by atoms with van der Waals surface area (Å²) in [7, 11) is 0. The standard InChI is InChI=1S/C18H13F4NO/c1-2-10-23(12-13-6-8-16(19)9-7-13)17(24)14-4-3-5-15(11-14)18(20,21)22/h1,3-9,11H,10,12H2. The summed E-state index contributed by atoms with van der Waals surface area (Å²) < 4.78 is 51.2. The van der Waals surface area contributed by atoms with Gasteiger partial charge in [0.2, 0.25) is 0 Å². The van der Waals surface area contributed by atoms with E-state index < -0.39 is 23.5 Å². The molecule has 0 N–H and O–H groups in total. The van der Waals surface area contributed by atoms with E-state index in [0.29, 0.717) is 5.56 Å². The topological polar surface area (TPSA) is 20.3 Å². The average Bonchev–Trinajstić information content (AvgIpc) is 2.55. The van der Waals surface area contributed by atoms with Gasteiger partial charge in [0.1, 0.15) is 5.82 Å². The molecule has 6 heteroatoms. The van der Waals surface area contributed by atoms with Crippen molar-refractivity contribution >= 4 is 5.91 Å². The van der Waals surface area contributed by atoms with Crippen LogP contribution in [0.1, 0.15) is 21.5 Å². The lowest BCUT2D eigenvalue weighted by atomic mass is 10.1. The highest BCUT2D eigenvalue weighted by Gasteiger charge is 2.31. The molecule has 0 spiro atoms. The summed E-state index contributed by atoms with van der Waals surface area (Å²) in [5.74, 6) is 1.26. The predicted molar refractivity (Wildman–Crippen MR) is 81.4 cm³/mol. The lowest BCUT2D eigenvalue weighted by Gasteiger charge is -2.21. The second-order valence-electron chi connectivity index (χ2n) is 5.07. The molecule has 0 aliphatic heterocycles. The number of rotatable bonds is 4. The lowest BCUT2D eigenvalue weighted by molar-refractivity contribution is -0.137. The third-order valence-electron chi connectivity index (χ3n) is 3.29. The fourth-order valence-electron chi connectivity index (χ4n) is 2.13. The highest BCUT2D eigenvalue weighted by atomic mass is 19.4. The van der Waals surface area contributed by atoms with Crippen molar-refractivity contribution in [3.63, 3.8) is 0 Å². The Kier molecular flexibility index (Phi) is 5.24. The first-order valence-electron chi connectivity index (χ1n) is 6.95. The summed E-state index contributed by atoms with van der Waals surface area (Å²) in [6, 6.07) is 9.58. The van der Waals surface area contributed by atoms with Gasteiger partial charge in [0, 0.05) is 12.1 Å². The van der Waals surface area contributed by atoms with Gasteiger partial charge in [-0.05, 0) is 35.9 Å². The molecule has 1 amide bonds. The van der Waals surface area contributed by atoms with Crippen LogP contribution in [0.3, 0.4) is 0 Å². The molecule has 24 heavy (non-hydrogen) atoms. The van der Waals surface area contributed by atoms with Crippen molar-refractivity contribution in [1.82, 2.24) is 4.90 Å². The van der Waals surface area contributed by atoms with Crippen LogP contribution in [0, 0.1) is 18.2 Å². The van der Waals surface area contributed by atoms with Crippen LogP contribution >= 0.6 is 0 Å². The van der Waals surface area contributed by atoms with Crippen molar-refractivity contribution in [2.75, 3.05) is 6.54 Å². The normalized spacial score (nSPS) is 11.0. The number of carbonyl (C=O) groups excluding carboxylic acids is 1. The molecular weight excluding hydrogens is 322 g/mol. The van der Waals surface area contributed by atoms with Crippen molar-refractivity contribution in [2.45, 2.75) is 12.7 Å². The minimum absolute atomic E-state index is 0.0690. The third-order valence-corrected chi connectivity index (χ3v) is 3.29. The van der Waals surface area contributed by atoms with Gasteiger partial charge in [0.15, 0.2) is 0 Å². The van der Waals surface area contributed by atoms with Crippen LogP contribution in [0.25, 0.3) is 0 Å². The lowest BCUT2D eigenvalue weighted by Crippen LogP contribution is -2.31. The van der Waals surface area contributed by atoms with Gasteiger partial charge >= 0.3 is 6.18 Å². The molecule has 0 bridgehead atoms. The summed E-state index contributed by atoms with van der Waals surface area (Å²) in [5, 5.41) is 0. The maximum absolute atomic E-state index is 12.9. The van der Waals surface area contributed by atoms with Crippen LogP contribution in [-0.2, 0) is 12.7 Å². The van der Waals surface area contributed by atoms with E-state index in [4.69, 9.17) is 6.42 Å². The maximum atomic E-state index is 12.9. The fourth-order valence-corrected chi connectivity index (χ4v) is 2.13. The van der Waals surface area contributed by atoms with Crippen LogP contribution in [0.2, 0.25) is 0 Å². The summed E-state index contributed by atoms with van der Waals surface area (Å²) >= 11 is 0. The molecule has 2 nitrogen and oxygen atoms in total. The number of nitrogens with zero attached hydrogens (tertiary/aromatic N) is 1. The molecule has 0 saturated heterocycles. The third kappa shape index (κ3) is 4.35. The van der Waals surface area contributed by atoms with Crippen molar-refractivity contribution in [3.8, 4) is 12.3 Å². The summed E-state index contributed by atoms with van der Waals surface area (Å²) in [6.07, 6.45) is 0.701. The first kappa shape index (κ1) is 17.5. The Balaban J connectivity index is 2.26. The molecule has 0 unspecified atom stereocenters. The van der Waals surface area contributed by atoms with Gasteiger partial charge in [0.05, 0.1) is 12.1 Å². The molecule has 2 aromatic carbocycles. The van der Waals surface area contributed by atoms with Crippen molar-refractivity contribution in [1.29, 1.82) is 0 Å². The van der Waals surface area contributed by atoms with E-state index in [-0.39, 0.29) is 18.7 Å². The molecular formula is C18H13F4NO. The smallest absolute Gasteiger partial charge is 0.323 e. The highest BCUT2D eigenvalue weighted by molar-refractivity contribution is 5.94. The number of alkyl halides is 3. The van der Waals surface area contributed by atoms with E-state index in [1.165, 1.54) is 41.3 Å². The van der Waals surface area contributed by atoms with Crippen LogP contribution in [0.15, 0.2) is 48.5 Å². The number of halogens is 4. The van der Waals surface area contributed by atoms with E-state index in [2.05, 4.69) is 5.92 Å². The van der Waals surface area contributed by atoms with E-state index >= 15 is 0 Å². The van der Waals surface area contributed by atoms with Crippen LogP contribution in [0.4, 0.5) is 17.6 Å². The Bertz CT molecular complexity index is 760. The molecule has 0 aliphatic rings. The van der Waals surface area contributed by atoms with Gasteiger partial charge in [-0.1, -0.05) is 24.1 Å². The number of benzene rings is 2. The zero-order valence-electron chi connectivity index (χ0n) is 12.5.